The van der Waals surface area contributed by atoms with Gasteiger partial charge < -0.3 is 29.9 Å². The van der Waals surface area contributed by atoms with Crippen LogP contribution in [0.3, 0.4) is 0 Å². The van der Waals surface area contributed by atoms with Crippen molar-refractivity contribution >= 4 is 11.9 Å². The van der Waals surface area contributed by atoms with E-state index in [4.69, 9.17) is 9.47 Å². The summed E-state index contributed by atoms with van der Waals surface area (Å²) in [7, 11) is 0. The molecule has 8 heteroatoms. The summed E-state index contributed by atoms with van der Waals surface area (Å²) in [6.45, 7) is 6.03. The summed E-state index contributed by atoms with van der Waals surface area (Å²) in [6, 6.07) is 0. The van der Waals surface area contributed by atoms with Gasteiger partial charge in [-0.25, -0.2) is 0 Å². The van der Waals surface area contributed by atoms with E-state index in [0.29, 0.717) is 12.8 Å². The van der Waals surface area contributed by atoms with Crippen molar-refractivity contribution in [2.45, 2.75) is 186 Å². The second-order valence-electron chi connectivity index (χ2n) is 14.2. The van der Waals surface area contributed by atoms with Crippen LogP contribution < -0.4 is 0 Å². The lowest BCUT2D eigenvalue weighted by Crippen LogP contribution is -2.28. The molecule has 52 heavy (non-hydrogen) atoms. The van der Waals surface area contributed by atoms with Gasteiger partial charge in [-0.1, -0.05) is 178 Å². The summed E-state index contributed by atoms with van der Waals surface area (Å²) in [6.07, 6.45) is 36.5. The molecule has 4 N–H and O–H groups in total. The Balaban J connectivity index is 3.87. The minimum atomic E-state index is -1.09. The smallest absolute Gasteiger partial charge is 0.306 e. The van der Waals surface area contributed by atoms with Crippen molar-refractivity contribution < 1.29 is 39.5 Å². The maximum Gasteiger partial charge on any atom is 0.306 e. The van der Waals surface area contributed by atoms with E-state index in [1.807, 2.05) is 19.1 Å². The highest BCUT2D eigenvalue weighted by Gasteiger charge is 2.17. The number of unbranched alkanes of at least 4 members (excludes halogenated alkanes) is 13. The molecule has 0 aromatic carbocycles. The molecule has 0 aliphatic carbocycles. The monoisotopic (exact) mass is 733 g/mol. The first kappa shape index (κ1) is 49.5. The molecule has 0 aromatic heterocycles. The van der Waals surface area contributed by atoms with Gasteiger partial charge in [0, 0.05) is 12.8 Å². The number of carbonyl (C=O) groups excluding carboxylic acids is 2. The van der Waals surface area contributed by atoms with Crippen molar-refractivity contribution in [3.63, 3.8) is 0 Å². The van der Waals surface area contributed by atoms with Crippen LogP contribution in [0.2, 0.25) is 0 Å². The third-order valence-corrected chi connectivity index (χ3v) is 9.21. The van der Waals surface area contributed by atoms with Crippen molar-refractivity contribution in [3.05, 3.63) is 60.8 Å². The zero-order chi connectivity index (χ0) is 38.5. The van der Waals surface area contributed by atoms with E-state index < -0.39 is 43.0 Å². The Kier molecular flexibility index (Phi) is 35.0. The van der Waals surface area contributed by atoms with Crippen LogP contribution in [0.25, 0.3) is 0 Å². The van der Waals surface area contributed by atoms with Gasteiger partial charge in [-0.15, -0.1) is 0 Å². The van der Waals surface area contributed by atoms with Gasteiger partial charge in [-0.3, -0.25) is 9.59 Å². The number of esters is 2. The van der Waals surface area contributed by atoms with Crippen molar-refractivity contribution in [2.24, 2.45) is 5.92 Å². The van der Waals surface area contributed by atoms with Crippen LogP contribution in [0.4, 0.5) is 0 Å². The fourth-order valence-electron chi connectivity index (χ4n) is 5.58. The molecule has 0 bridgehead atoms. The number of ether oxygens (including phenoxy) is 2. The van der Waals surface area contributed by atoms with Gasteiger partial charge >= 0.3 is 11.9 Å². The molecular formula is C44H76O8. The van der Waals surface area contributed by atoms with Crippen molar-refractivity contribution in [1.82, 2.24) is 0 Å². The lowest BCUT2D eigenvalue weighted by Gasteiger charge is -2.16. The van der Waals surface area contributed by atoms with Crippen LogP contribution in [-0.4, -0.2) is 70.0 Å². The maximum atomic E-state index is 12.2. The van der Waals surface area contributed by atoms with E-state index in [2.05, 4.69) is 13.8 Å². The fourth-order valence-corrected chi connectivity index (χ4v) is 5.58. The highest BCUT2D eigenvalue weighted by atomic mass is 16.6. The van der Waals surface area contributed by atoms with Crippen LogP contribution in [0.5, 0.6) is 0 Å². The van der Waals surface area contributed by atoms with Crippen molar-refractivity contribution in [1.29, 1.82) is 0 Å². The molecule has 0 radical (unpaired) electrons. The second kappa shape index (κ2) is 36.8. The minimum absolute atomic E-state index is 0.0279. The summed E-state index contributed by atoms with van der Waals surface area (Å²) in [5, 5.41) is 39.7. The molecule has 0 spiro atoms. The van der Waals surface area contributed by atoms with Crippen LogP contribution in [0, 0.1) is 5.92 Å². The number of aliphatic hydroxyl groups excluding tert-OH is 4. The molecule has 0 saturated heterocycles. The normalized spacial score (nSPS) is 15.3. The Morgan fingerprint density at radius 1 is 0.615 bits per heavy atom. The van der Waals surface area contributed by atoms with Crippen LogP contribution >= 0.6 is 0 Å². The zero-order valence-electron chi connectivity index (χ0n) is 33.1. The zero-order valence-corrected chi connectivity index (χ0v) is 33.1. The third kappa shape index (κ3) is 33.3. The standard InChI is InChI=1S/C44H76O8/c1-4-6-23-30-39(46)31-25-20-17-18-21-26-32-41(47)42(48)33-28-35-43(49)51-37-40(36-45)52-44(50)34-27-22-16-14-12-10-8-7-9-11-13-15-19-24-29-38(3)5-2/h6,17-18,20-21,23,25-26,31-32,38-42,45-48H,4-5,7-16,19,22,24,27-30,33-37H2,1-3H3/b20-17+,21-18-,23-6-,31-25+,32-26-/t38?,39-,40+,41+,42+/m1/s1. The van der Waals surface area contributed by atoms with Gasteiger partial charge in [-0.2, -0.15) is 0 Å². The molecule has 0 amide bonds. The summed E-state index contributed by atoms with van der Waals surface area (Å²) < 4.78 is 10.4. The molecule has 1 unspecified atom stereocenters. The first-order valence-electron chi connectivity index (χ1n) is 20.6. The van der Waals surface area contributed by atoms with E-state index in [0.717, 1.165) is 31.6 Å². The molecule has 0 saturated carbocycles. The SMILES string of the molecule is CC/C=C\C[C@@H](O)/C=C/C=C/C=C\C=C/[C@H](O)[C@@H](O)CCCC(=O)OC[C@H](CO)OC(=O)CCCCCCCCCCCCCCCCC(C)CC. The van der Waals surface area contributed by atoms with E-state index >= 15 is 0 Å². The topological polar surface area (TPSA) is 134 Å². The largest absolute Gasteiger partial charge is 0.462 e. The van der Waals surface area contributed by atoms with Crippen molar-refractivity contribution in [2.75, 3.05) is 13.2 Å². The minimum Gasteiger partial charge on any atom is -0.462 e. The molecule has 5 atom stereocenters. The molecule has 0 aliphatic heterocycles. The van der Waals surface area contributed by atoms with Crippen molar-refractivity contribution in [3.8, 4) is 0 Å². The molecule has 0 aromatic rings. The Hall–Kier alpha value is -2.52. The number of rotatable bonds is 35. The van der Waals surface area contributed by atoms with Crippen LogP contribution in [0.1, 0.15) is 162 Å². The average Bonchev–Trinajstić information content (AvgIpc) is 3.13. The number of allylic oxidation sites excluding steroid dienone is 7. The number of aliphatic hydroxyl groups is 4. The van der Waals surface area contributed by atoms with E-state index in [1.54, 1.807) is 42.5 Å². The summed E-state index contributed by atoms with van der Waals surface area (Å²) >= 11 is 0. The summed E-state index contributed by atoms with van der Waals surface area (Å²) in [5.74, 6) is -0.0407. The highest BCUT2D eigenvalue weighted by Crippen LogP contribution is 2.16. The Labute approximate surface area is 317 Å². The van der Waals surface area contributed by atoms with Crippen LogP contribution in [-0.2, 0) is 19.1 Å². The first-order valence-corrected chi connectivity index (χ1v) is 20.6. The van der Waals surface area contributed by atoms with Gasteiger partial charge in [0.2, 0.25) is 0 Å². The lowest BCUT2D eigenvalue weighted by molar-refractivity contribution is -0.161. The van der Waals surface area contributed by atoms with Crippen LogP contribution in [0.15, 0.2) is 60.8 Å². The average molecular weight is 733 g/mol. The fraction of sp³-hybridized carbons (Fsp3) is 0.727. The van der Waals surface area contributed by atoms with Gasteiger partial charge in [0.15, 0.2) is 6.10 Å². The molecule has 0 aliphatic rings. The number of hydrogen-bond donors (Lipinski definition) is 4. The third-order valence-electron chi connectivity index (χ3n) is 9.21. The maximum absolute atomic E-state index is 12.2. The molecule has 300 valence electrons. The number of carbonyl (C=O) groups is 2. The Bertz CT molecular complexity index is 985. The summed E-state index contributed by atoms with van der Waals surface area (Å²) in [5.41, 5.74) is 0. The van der Waals surface area contributed by atoms with E-state index in [1.165, 1.54) is 89.5 Å². The van der Waals surface area contributed by atoms with E-state index in [9.17, 15) is 30.0 Å². The quantitative estimate of drug-likeness (QED) is 0.0219. The number of hydrogen-bond acceptors (Lipinski definition) is 8. The Morgan fingerprint density at radius 3 is 1.69 bits per heavy atom. The predicted molar refractivity (Wildman–Crippen MR) is 214 cm³/mol. The predicted octanol–water partition coefficient (Wildman–Crippen LogP) is 9.56. The molecule has 0 fully saturated rings. The van der Waals surface area contributed by atoms with Gasteiger partial charge in [0.05, 0.1) is 24.9 Å². The molecule has 0 rings (SSSR count). The lowest BCUT2D eigenvalue weighted by atomic mass is 9.99. The van der Waals surface area contributed by atoms with Gasteiger partial charge in [0.1, 0.15) is 6.61 Å². The second-order valence-corrected chi connectivity index (χ2v) is 14.2. The molecule has 8 nitrogen and oxygen atoms in total. The first-order chi connectivity index (χ1) is 25.2. The summed E-state index contributed by atoms with van der Waals surface area (Å²) in [4.78, 5) is 24.3. The molecule has 0 heterocycles. The van der Waals surface area contributed by atoms with E-state index in [-0.39, 0.29) is 25.9 Å². The Morgan fingerprint density at radius 2 is 1.13 bits per heavy atom. The van der Waals surface area contributed by atoms with Gasteiger partial charge in [0.25, 0.3) is 0 Å². The molecular weight excluding hydrogens is 656 g/mol. The van der Waals surface area contributed by atoms with Gasteiger partial charge in [-0.05, 0) is 38.0 Å². The highest BCUT2D eigenvalue weighted by molar-refractivity contribution is 5.70.